The van der Waals surface area contributed by atoms with Gasteiger partial charge in [-0.05, 0) is 35.7 Å². The van der Waals surface area contributed by atoms with Crippen LogP contribution in [0, 0.1) is 0 Å². The Morgan fingerprint density at radius 3 is 2.58 bits per heavy atom. The summed E-state index contributed by atoms with van der Waals surface area (Å²) >= 11 is 0. The number of hydrogen-bond acceptors (Lipinski definition) is 6. The highest BCUT2D eigenvalue weighted by Crippen LogP contribution is 2.29. The number of oxime groups is 1. The van der Waals surface area contributed by atoms with E-state index < -0.39 is 15.8 Å². The summed E-state index contributed by atoms with van der Waals surface area (Å²) in [5.41, 5.74) is 2.95. The van der Waals surface area contributed by atoms with Crippen LogP contribution in [0.4, 0.5) is 0 Å². The lowest BCUT2D eigenvalue weighted by Crippen LogP contribution is -2.23. The first-order valence-electron chi connectivity index (χ1n) is 8.17. The van der Waals surface area contributed by atoms with Gasteiger partial charge in [0.15, 0.2) is 15.5 Å². The second kappa shape index (κ2) is 7.29. The fourth-order valence-electron chi connectivity index (χ4n) is 2.79. The van der Waals surface area contributed by atoms with E-state index in [1.54, 1.807) is 31.2 Å². The van der Waals surface area contributed by atoms with Crippen molar-refractivity contribution in [2.45, 2.75) is 17.7 Å². The molecule has 1 atom stereocenters. The molecular formula is C19H19NO5S. The third-order valence-corrected chi connectivity index (χ3v) is 5.25. The summed E-state index contributed by atoms with van der Waals surface area (Å²) in [6, 6.07) is 14.4. The number of hydrogen-bond donors (Lipinski definition) is 0. The SMILES string of the molecule is CCOC(=O)C1=NOCC1c1cccc(-c2ccc(S(C)(=O)=O)cc2)c1. The van der Waals surface area contributed by atoms with Gasteiger partial charge in [0, 0.05) is 6.26 Å². The molecule has 0 aliphatic carbocycles. The predicted octanol–water partition coefficient (Wildman–Crippen LogP) is 2.79. The summed E-state index contributed by atoms with van der Waals surface area (Å²) in [6.07, 6.45) is 1.18. The second-order valence-electron chi connectivity index (χ2n) is 5.97. The highest BCUT2D eigenvalue weighted by molar-refractivity contribution is 7.90. The third kappa shape index (κ3) is 3.77. The minimum Gasteiger partial charge on any atom is -0.461 e. The summed E-state index contributed by atoms with van der Waals surface area (Å²) < 4.78 is 28.2. The van der Waals surface area contributed by atoms with Gasteiger partial charge in [0.25, 0.3) is 0 Å². The molecule has 0 saturated heterocycles. The maximum atomic E-state index is 12.0. The topological polar surface area (TPSA) is 82.0 Å². The van der Waals surface area contributed by atoms with Gasteiger partial charge in [-0.3, -0.25) is 0 Å². The molecule has 1 aliphatic heterocycles. The van der Waals surface area contributed by atoms with E-state index in [0.29, 0.717) is 0 Å². The van der Waals surface area contributed by atoms with Gasteiger partial charge < -0.3 is 9.57 Å². The highest BCUT2D eigenvalue weighted by atomic mass is 32.2. The summed E-state index contributed by atoms with van der Waals surface area (Å²) in [5.74, 6) is -0.762. The van der Waals surface area contributed by atoms with Crippen molar-refractivity contribution in [3.8, 4) is 11.1 Å². The molecule has 0 saturated carbocycles. The van der Waals surface area contributed by atoms with E-state index in [1.165, 1.54) is 6.26 Å². The summed E-state index contributed by atoms with van der Waals surface area (Å²) in [6.45, 7) is 2.30. The number of rotatable bonds is 5. The van der Waals surface area contributed by atoms with Crippen LogP contribution in [-0.4, -0.2) is 39.6 Å². The van der Waals surface area contributed by atoms with E-state index in [4.69, 9.17) is 9.57 Å². The van der Waals surface area contributed by atoms with E-state index in [1.807, 2.05) is 24.3 Å². The summed E-state index contributed by atoms with van der Waals surface area (Å²) in [5, 5.41) is 3.83. The second-order valence-corrected chi connectivity index (χ2v) is 7.98. The molecule has 0 radical (unpaired) electrons. The quantitative estimate of drug-likeness (QED) is 0.753. The van der Waals surface area contributed by atoms with E-state index in [9.17, 15) is 13.2 Å². The van der Waals surface area contributed by atoms with Gasteiger partial charge in [0.05, 0.1) is 17.4 Å². The molecule has 1 unspecified atom stereocenters. The molecule has 7 heteroatoms. The van der Waals surface area contributed by atoms with Crippen LogP contribution >= 0.6 is 0 Å². The number of carbonyl (C=O) groups excluding carboxylic acids is 1. The van der Waals surface area contributed by atoms with Gasteiger partial charge >= 0.3 is 5.97 Å². The Morgan fingerprint density at radius 1 is 1.19 bits per heavy atom. The average molecular weight is 373 g/mol. The standard InChI is InChI=1S/C19H19NO5S/c1-3-24-19(21)18-17(12-25-20-18)15-6-4-5-14(11-15)13-7-9-16(10-8-13)26(2,22)23/h4-11,17H,3,12H2,1-2H3. The number of nitrogens with zero attached hydrogens (tertiary/aromatic N) is 1. The van der Waals surface area contributed by atoms with Crippen LogP contribution in [-0.2, 0) is 24.2 Å². The van der Waals surface area contributed by atoms with Crippen LogP contribution in [0.1, 0.15) is 18.4 Å². The molecule has 1 heterocycles. The molecule has 0 aromatic heterocycles. The maximum Gasteiger partial charge on any atom is 0.356 e. The molecule has 0 amide bonds. The Kier molecular flexibility index (Phi) is 5.08. The Hall–Kier alpha value is -2.67. The lowest BCUT2D eigenvalue weighted by Gasteiger charge is -2.12. The van der Waals surface area contributed by atoms with Crippen molar-refractivity contribution in [1.82, 2.24) is 0 Å². The molecule has 26 heavy (non-hydrogen) atoms. The summed E-state index contributed by atoms with van der Waals surface area (Å²) in [7, 11) is -3.23. The van der Waals surface area contributed by atoms with Crippen LogP contribution in [0.25, 0.3) is 11.1 Å². The van der Waals surface area contributed by atoms with Gasteiger partial charge in [0.1, 0.15) is 6.61 Å². The van der Waals surface area contributed by atoms with Crippen molar-refractivity contribution < 1.29 is 22.8 Å². The highest BCUT2D eigenvalue weighted by Gasteiger charge is 2.32. The number of carbonyl (C=O) groups is 1. The van der Waals surface area contributed by atoms with Gasteiger partial charge in [-0.1, -0.05) is 41.6 Å². The van der Waals surface area contributed by atoms with Crippen LogP contribution in [0.5, 0.6) is 0 Å². The third-order valence-electron chi connectivity index (χ3n) is 4.12. The minimum absolute atomic E-state index is 0.261. The molecule has 2 aromatic carbocycles. The Balaban J connectivity index is 1.89. The largest absolute Gasteiger partial charge is 0.461 e. The fourth-order valence-corrected chi connectivity index (χ4v) is 3.42. The van der Waals surface area contributed by atoms with E-state index >= 15 is 0 Å². The van der Waals surface area contributed by atoms with Crippen molar-refractivity contribution in [3.63, 3.8) is 0 Å². The molecule has 2 aromatic rings. The van der Waals surface area contributed by atoms with E-state index in [0.717, 1.165) is 16.7 Å². The zero-order valence-electron chi connectivity index (χ0n) is 14.5. The van der Waals surface area contributed by atoms with Crippen LogP contribution in [0.3, 0.4) is 0 Å². The van der Waals surface area contributed by atoms with Gasteiger partial charge in [0.2, 0.25) is 0 Å². The Morgan fingerprint density at radius 2 is 1.92 bits per heavy atom. The van der Waals surface area contributed by atoms with Crippen LogP contribution in [0.2, 0.25) is 0 Å². The fraction of sp³-hybridized carbons (Fsp3) is 0.263. The molecule has 6 nitrogen and oxygen atoms in total. The van der Waals surface area contributed by atoms with E-state index in [2.05, 4.69) is 5.16 Å². The van der Waals surface area contributed by atoms with Gasteiger partial charge in [-0.15, -0.1) is 0 Å². The maximum absolute atomic E-state index is 12.0. The average Bonchev–Trinajstić information content (AvgIpc) is 3.11. The first-order valence-corrected chi connectivity index (χ1v) is 10.1. The molecule has 1 aliphatic rings. The molecule has 136 valence electrons. The van der Waals surface area contributed by atoms with Gasteiger partial charge in [-0.25, -0.2) is 13.2 Å². The van der Waals surface area contributed by atoms with Crippen molar-refractivity contribution in [1.29, 1.82) is 0 Å². The lowest BCUT2D eigenvalue weighted by atomic mass is 9.92. The van der Waals surface area contributed by atoms with Gasteiger partial charge in [-0.2, -0.15) is 0 Å². The Labute approximate surface area is 152 Å². The molecular weight excluding hydrogens is 354 g/mol. The summed E-state index contributed by atoms with van der Waals surface area (Å²) in [4.78, 5) is 17.4. The van der Waals surface area contributed by atoms with Crippen molar-refractivity contribution in [2.24, 2.45) is 5.16 Å². The normalized spacial score (nSPS) is 16.7. The van der Waals surface area contributed by atoms with Crippen molar-refractivity contribution in [3.05, 3.63) is 54.1 Å². The number of ether oxygens (including phenoxy) is 1. The number of esters is 1. The zero-order chi connectivity index (χ0) is 18.7. The van der Waals surface area contributed by atoms with Crippen molar-refractivity contribution >= 4 is 21.5 Å². The monoisotopic (exact) mass is 373 g/mol. The molecule has 0 bridgehead atoms. The molecule has 3 rings (SSSR count). The van der Waals surface area contributed by atoms with E-state index in [-0.39, 0.29) is 29.7 Å². The zero-order valence-corrected chi connectivity index (χ0v) is 15.3. The predicted molar refractivity (Wildman–Crippen MR) is 97.7 cm³/mol. The molecule has 0 fully saturated rings. The Bertz CT molecular complexity index is 948. The first-order chi connectivity index (χ1) is 12.4. The lowest BCUT2D eigenvalue weighted by molar-refractivity contribution is -0.135. The van der Waals surface area contributed by atoms with Crippen LogP contribution < -0.4 is 0 Å². The number of sulfone groups is 1. The van der Waals surface area contributed by atoms with Crippen LogP contribution in [0.15, 0.2) is 58.6 Å². The number of benzene rings is 2. The van der Waals surface area contributed by atoms with Crippen molar-refractivity contribution in [2.75, 3.05) is 19.5 Å². The molecule has 0 N–H and O–H groups in total. The smallest absolute Gasteiger partial charge is 0.356 e. The molecule has 0 spiro atoms. The minimum atomic E-state index is -3.23. The first kappa shape index (κ1) is 18.1.